The summed E-state index contributed by atoms with van der Waals surface area (Å²) >= 11 is 1.73. The minimum atomic E-state index is -0.316. The Morgan fingerprint density at radius 2 is 2.41 bits per heavy atom. The molecule has 0 fully saturated rings. The highest BCUT2D eigenvalue weighted by Gasteiger charge is 2.16. The van der Waals surface area contributed by atoms with Crippen LogP contribution >= 0.6 is 11.8 Å². The number of ether oxygens (including phenoxy) is 1. The summed E-state index contributed by atoms with van der Waals surface area (Å²) in [5, 5.41) is 0.458. The van der Waals surface area contributed by atoms with Gasteiger partial charge in [-0.25, -0.2) is 4.79 Å². The van der Waals surface area contributed by atoms with E-state index in [0.29, 0.717) is 35.5 Å². The van der Waals surface area contributed by atoms with Crippen LogP contribution in [0.25, 0.3) is 0 Å². The van der Waals surface area contributed by atoms with Crippen molar-refractivity contribution < 1.29 is 13.9 Å². The summed E-state index contributed by atoms with van der Waals surface area (Å²) in [5.41, 5.74) is 6.01. The van der Waals surface area contributed by atoms with Crippen LogP contribution in [0.15, 0.2) is 16.7 Å². The predicted octanol–water partition coefficient (Wildman–Crippen LogP) is 2.43. The molecule has 0 radical (unpaired) electrons. The molecule has 0 aliphatic carbocycles. The van der Waals surface area contributed by atoms with Gasteiger partial charge < -0.3 is 14.9 Å². The molecule has 1 heterocycles. The van der Waals surface area contributed by atoms with Crippen molar-refractivity contribution in [1.29, 1.82) is 0 Å². The number of furan rings is 1. The fourth-order valence-electron chi connectivity index (χ4n) is 1.38. The lowest BCUT2D eigenvalue weighted by molar-refractivity contribution is 0.0524. The molecular formula is C12H19NO3S. The third kappa shape index (κ3) is 4.44. The molecule has 1 unspecified atom stereocenters. The van der Waals surface area contributed by atoms with E-state index in [0.717, 1.165) is 6.42 Å². The predicted molar refractivity (Wildman–Crippen MR) is 69.1 cm³/mol. The Morgan fingerprint density at radius 3 is 3.06 bits per heavy atom. The highest BCUT2D eigenvalue weighted by molar-refractivity contribution is 7.99. The lowest BCUT2D eigenvalue weighted by Gasteiger charge is -2.08. The fourth-order valence-corrected chi connectivity index (χ4v) is 2.34. The molecule has 1 aromatic heterocycles. The number of carbonyl (C=O) groups is 1. The van der Waals surface area contributed by atoms with E-state index in [-0.39, 0.29) is 5.97 Å². The Labute approximate surface area is 106 Å². The van der Waals surface area contributed by atoms with Crippen molar-refractivity contribution in [2.75, 3.05) is 13.2 Å². The quantitative estimate of drug-likeness (QED) is 0.760. The number of rotatable bonds is 7. The van der Waals surface area contributed by atoms with Gasteiger partial charge in [0, 0.05) is 5.25 Å². The van der Waals surface area contributed by atoms with Crippen LogP contribution < -0.4 is 5.73 Å². The minimum Gasteiger partial charge on any atom is -0.468 e. The molecule has 2 N–H and O–H groups in total. The Bertz CT molecular complexity index is 351. The van der Waals surface area contributed by atoms with E-state index >= 15 is 0 Å². The molecule has 0 bridgehead atoms. The third-order valence-electron chi connectivity index (χ3n) is 2.31. The number of nitrogens with two attached hydrogens (primary N) is 1. The maximum atomic E-state index is 11.6. The van der Waals surface area contributed by atoms with E-state index in [1.165, 1.54) is 6.26 Å². The Balaban J connectivity index is 2.54. The maximum absolute atomic E-state index is 11.6. The van der Waals surface area contributed by atoms with Crippen molar-refractivity contribution in [3.05, 3.63) is 23.7 Å². The van der Waals surface area contributed by atoms with E-state index in [1.807, 2.05) is 0 Å². The number of carbonyl (C=O) groups excluding carboxylic acids is 1. The largest absolute Gasteiger partial charge is 0.468 e. The number of esters is 1. The third-order valence-corrected chi connectivity index (χ3v) is 3.55. The number of hydrogen-bond donors (Lipinski definition) is 1. The van der Waals surface area contributed by atoms with Gasteiger partial charge in [-0.15, -0.1) is 0 Å². The molecule has 0 aliphatic rings. The van der Waals surface area contributed by atoms with E-state index < -0.39 is 0 Å². The second-order valence-corrected chi connectivity index (χ2v) is 5.10. The summed E-state index contributed by atoms with van der Waals surface area (Å²) in [6, 6.07) is 1.65. The van der Waals surface area contributed by atoms with Crippen LogP contribution in [0.2, 0.25) is 0 Å². The molecule has 1 atom stereocenters. The van der Waals surface area contributed by atoms with E-state index in [1.54, 1.807) is 24.8 Å². The first-order chi connectivity index (χ1) is 8.19. The molecule has 4 nitrogen and oxygen atoms in total. The van der Waals surface area contributed by atoms with Crippen LogP contribution in [0.4, 0.5) is 0 Å². The van der Waals surface area contributed by atoms with Crippen LogP contribution in [0.5, 0.6) is 0 Å². The molecule has 0 aliphatic heterocycles. The van der Waals surface area contributed by atoms with Crippen LogP contribution in [0, 0.1) is 0 Å². The van der Waals surface area contributed by atoms with Crippen molar-refractivity contribution in [2.24, 2.45) is 5.73 Å². The van der Waals surface area contributed by atoms with Crippen molar-refractivity contribution in [1.82, 2.24) is 0 Å². The standard InChI is InChI=1S/C12H19NO3S/c1-3-15-12(14)10-5-7-16-11(10)8-17-9(2)4-6-13/h5,7,9H,3-4,6,8,13H2,1-2H3. The van der Waals surface area contributed by atoms with Crippen LogP contribution in [-0.4, -0.2) is 24.4 Å². The second kappa shape index (κ2) is 7.40. The zero-order valence-corrected chi connectivity index (χ0v) is 11.1. The Morgan fingerprint density at radius 1 is 1.65 bits per heavy atom. The highest BCUT2D eigenvalue weighted by atomic mass is 32.2. The lowest BCUT2D eigenvalue weighted by atomic mass is 10.3. The molecular weight excluding hydrogens is 238 g/mol. The van der Waals surface area contributed by atoms with E-state index in [9.17, 15) is 4.79 Å². The summed E-state index contributed by atoms with van der Waals surface area (Å²) in [6.45, 7) is 4.96. The van der Waals surface area contributed by atoms with Gasteiger partial charge in [-0.1, -0.05) is 6.92 Å². The molecule has 0 amide bonds. The first-order valence-electron chi connectivity index (χ1n) is 5.74. The number of thioether (sulfide) groups is 1. The summed E-state index contributed by atoms with van der Waals surface area (Å²) < 4.78 is 10.3. The van der Waals surface area contributed by atoms with Gasteiger partial charge >= 0.3 is 5.97 Å². The first kappa shape index (κ1) is 14.1. The van der Waals surface area contributed by atoms with Crippen LogP contribution in [-0.2, 0) is 10.5 Å². The second-order valence-electron chi connectivity index (χ2n) is 3.68. The average Bonchev–Trinajstić information content (AvgIpc) is 2.75. The normalized spacial score (nSPS) is 12.4. The molecule has 1 rings (SSSR count). The van der Waals surface area contributed by atoms with Gasteiger partial charge in [0.25, 0.3) is 0 Å². The van der Waals surface area contributed by atoms with Gasteiger partial charge in [0.1, 0.15) is 11.3 Å². The average molecular weight is 257 g/mol. The lowest BCUT2D eigenvalue weighted by Crippen LogP contribution is -2.08. The monoisotopic (exact) mass is 257 g/mol. The van der Waals surface area contributed by atoms with Crippen LogP contribution in [0.3, 0.4) is 0 Å². The minimum absolute atomic E-state index is 0.316. The van der Waals surface area contributed by atoms with Gasteiger partial charge in [0.15, 0.2) is 0 Å². The summed E-state index contributed by atoms with van der Waals surface area (Å²) in [4.78, 5) is 11.6. The van der Waals surface area contributed by atoms with Crippen molar-refractivity contribution in [3.63, 3.8) is 0 Å². The van der Waals surface area contributed by atoms with Gasteiger partial charge in [-0.3, -0.25) is 0 Å². The molecule has 0 spiro atoms. The zero-order valence-electron chi connectivity index (χ0n) is 10.3. The molecule has 5 heteroatoms. The van der Waals surface area contributed by atoms with Gasteiger partial charge in [0.2, 0.25) is 0 Å². The van der Waals surface area contributed by atoms with Gasteiger partial charge in [-0.2, -0.15) is 11.8 Å². The van der Waals surface area contributed by atoms with Crippen molar-refractivity contribution in [3.8, 4) is 0 Å². The Kier molecular flexibility index (Phi) is 6.15. The molecule has 17 heavy (non-hydrogen) atoms. The number of hydrogen-bond acceptors (Lipinski definition) is 5. The summed E-state index contributed by atoms with van der Waals surface area (Å²) in [6.07, 6.45) is 2.48. The Hall–Kier alpha value is -0.940. The molecule has 0 saturated heterocycles. The molecule has 0 aromatic carbocycles. The maximum Gasteiger partial charge on any atom is 0.341 e. The van der Waals surface area contributed by atoms with E-state index in [2.05, 4.69) is 6.92 Å². The van der Waals surface area contributed by atoms with Crippen molar-refractivity contribution in [2.45, 2.75) is 31.3 Å². The topological polar surface area (TPSA) is 65.5 Å². The smallest absolute Gasteiger partial charge is 0.341 e. The highest BCUT2D eigenvalue weighted by Crippen LogP contribution is 2.23. The molecule has 96 valence electrons. The summed E-state index contributed by atoms with van der Waals surface area (Å²) in [5.74, 6) is 1.03. The SMILES string of the molecule is CCOC(=O)c1ccoc1CSC(C)CCN. The van der Waals surface area contributed by atoms with Crippen LogP contribution in [0.1, 0.15) is 36.4 Å². The van der Waals surface area contributed by atoms with Crippen molar-refractivity contribution >= 4 is 17.7 Å². The van der Waals surface area contributed by atoms with Gasteiger partial charge in [-0.05, 0) is 26.0 Å². The van der Waals surface area contributed by atoms with Gasteiger partial charge in [0.05, 0.1) is 18.6 Å². The molecule has 1 aromatic rings. The fraction of sp³-hybridized carbons (Fsp3) is 0.583. The first-order valence-corrected chi connectivity index (χ1v) is 6.79. The van der Waals surface area contributed by atoms with E-state index in [4.69, 9.17) is 14.9 Å². The summed E-state index contributed by atoms with van der Waals surface area (Å²) in [7, 11) is 0. The molecule has 0 saturated carbocycles. The zero-order chi connectivity index (χ0) is 12.7.